The minimum absolute atomic E-state index is 0. The average Bonchev–Trinajstić information content (AvgIpc) is 3.12. The lowest BCUT2D eigenvalue weighted by Gasteiger charge is -2.32. The summed E-state index contributed by atoms with van der Waals surface area (Å²) in [6.07, 6.45) is 1.87. The van der Waals surface area contributed by atoms with Gasteiger partial charge in [-0.25, -0.2) is 0 Å². The summed E-state index contributed by atoms with van der Waals surface area (Å²) in [6, 6.07) is 7.45. The second-order valence-electron chi connectivity index (χ2n) is 6.83. The van der Waals surface area contributed by atoms with Crippen LogP contribution in [-0.2, 0) is 13.1 Å². The van der Waals surface area contributed by atoms with E-state index in [4.69, 9.17) is 4.74 Å². The monoisotopic (exact) mass is 391 g/mol. The molecule has 146 valence electrons. The molecule has 3 heterocycles. The molecular weight excluding hydrogens is 366 g/mol. The maximum Gasteiger partial charge on any atom is 0.253 e. The SMILES string of the molecule is CCOc1cccc(C(=O)N2CCC(c3nnc4n3CCNC4)CC2)c1.Cl. The highest BCUT2D eigenvalue weighted by molar-refractivity contribution is 5.94. The largest absolute Gasteiger partial charge is 0.494 e. The number of hydrogen-bond acceptors (Lipinski definition) is 5. The Morgan fingerprint density at radius 3 is 2.85 bits per heavy atom. The van der Waals surface area contributed by atoms with Gasteiger partial charge in [0.2, 0.25) is 0 Å². The average molecular weight is 392 g/mol. The van der Waals surface area contributed by atoms with Gasteiger partial charge in [0.1, 0.15) is 17.4 Å². The topological polar surface area (TPSA) is 72.3 Å². The molecule has 0 bridgehead atoms. The number of hydrogen-bond donors (Lipinski definition) is 1. The van der Waals surface area contributed by atoms with Crippen LogP contribution in [-0.4, -0.2) is 51.8 Å². The molecule has 1 amide bonds. The van der Waals surface area contributed by atoms with E-state index in [1.54, 1.807) is 0 Å². The number of amides is 1. The number of nitrogens with one attached hydrogen (secondary N) is 1. The van der Waals surface area contributed by atoms with Crippen LogP contribution < -0.4 is 10.1 Å². The van der Waals surface area contributed by atoms with Gasteiger partial charge >= 0.3 is 0 Å². The molecule has 0 aliphatic carbocycles. The van der Waals surface area contributed by atoms with Crippen LogP contribution in [0.1, 0.15) is 47.7 Å². The van der Waals surface area contributed by atoms with Gasteiger partial charge in [0.15, 0.2) is 0 Å². The van der Waals surface area contributed by atoms with Gasteiger partial charge in [-0.05, 0) is 38.0 Å². The smallest absolute Gasteiger partial charge is 0.253 e. The van der Waals surface area contributed by atoms with Crippen LogP contribution in [0.5, 0.6) is 5.75 Å². The van der Waals surface area contributed by atoms with Crippen molar-refractivity contribution in [3.05, 3.63) is 41.5 Å². The number of benzene rings is 1. The number of aromatic nitrogens is 3. The van der Waals surface area contributed by atoms with Crippen molar-refractivity contribution in [1.82, 2.24) is 25.0 Å². The lowest BCUT2D eigenvalue weighted by molar-refractivity contribution is 0.0709. The Morgan fingerprint density at radius 2 is 2.07 bits per heavy atom. The molecule has 0 radical (unpaired) electrons. The van der Waals surface area contributed by atoms with Crippen LogP contribution in [0.25, 0.3) is 0 Å². The molecule has 1 aromatic heterocycles. The van der Waals surface area contributed by atoms with Gasteiger partial charge in [0.25, 0.3) is 5.91 Å². The summed E-state index contributed by atoms with van der Waals surface area (Å²) < 4.78 is 7.76. The van der Waals surface area contributed by atoms with E-state index in [1.165, 1.54) is 0 Å². The molecule has 2 aliphatic rings. The van der Waals surface area contributed by atoms with Crippen molar-refractivity contribution in [2.45, 2.75) is 38.8 Å². The van der Waals surface area contributed by atoms with E-state index in [0.717, 1.165) is 63.0 Å². The van der Waals surface area contributed by atoms with Gasteiger partial charge in [0, 0.05) is 37.7 Å². The molecule has 4 rings (SSSR count). The molecule has 7 nitrogen and oxygen atoms in total. The standard InChI is InChI=1S/C19H25N5O2.ClH/c1-2-26-16-5-3-4-15(12-16)19(25)23-9-6-14(7-10-23)18-22-21-17-13-20-8-11-24(17)18;/h3-5,12,14,20H,2,6-11,13H2,1H3;1H. The minimum Gasteiger partial charge on any atom is -0.494 e. The Kier molecular flexibility index (Phi) is 6.34. The first kappa shape index (κ1) is 19.6. The number of ether oxygens (including phenoxy) is 1. The van der Waals surface area contributed by atoms with E-state index in [2.05, 4.69) is 20.1 Å². The maximum atomic E-state index is 12.8. The van der Waals surface area contributed by atoms with E-state index in [9.17, 15) is 4.79 Å². The molecule has 1 saturated heterocycles. The van der Waals surface area contributed by atoms with Crippen LogP contribution in [0, 0.1) is 0 Å². The van der Waals surface area contributed by atoms with Gasteiger partial charge in [0.05, 0.1) is 13.2 Å². The van der Waals surface area contributed by atoms with Gasteiger partial charge in [-0.15, -0.1) is 22.6 Å². The minimum atomic E-state index is 0. The molecule has 8 heteroatoms. The van der Waals surface area contributed by atoms with Crippen LogP contribution >= 0.6 is 12.4 Å². The highest BCUT2D eigenvalue weighted by Crippen LogP contribution is 2.28. The van der Waals surface area contributed by atoms with E-state index in [-0.39, 0.29) is 18.3 Å². The fourth-order valence-electron chi connectivity index (χ4n) is 3.83. The molecule has 0 unspecified atom stereocenters. The van der Waals surface area contributed by atoms with Crippen LogP contribution in [0.3, 0.4) is 0 Å². The Bertz CT molecular complexity index is 786. The van der Waals surface area contributed by atoms with Crippen LogP contribution in [0.4, 0.5) is 0 Å². The van der Waals surface area contributed by atoms with Gasteiger partial charge in [-0.2, -0.15) is 0 Å². The molecule has 0 spiro atoms. The number of rotatable bonds is 4. The fraction of sp³-hybridized carbons (Fsp3) is 0.526. The highest BCUT2D eigenvalue weighted by Gasteiger charge is 2.29. The first-order valence-corrected chi connectivity index (χ1v) is 9.41. The number of carbonyl (C=O) groups is 1. The van der Waals surface area contributed by atoms with Crippen molar-refractivity contribution in [3.8, 4) is 5.75 Å². The van der Waals surface area contributed by atoms with Gasteiger partial charge in [-0.3, -0.25) is 4.79 Å². The molecule has 1 N–H and O–H groups in total. The van der Waals surface area contributed by atoms with Crippen molar-refractivity contribution in [2.75, 3.05) is 26.2 Å². The summed E-state index contributed by atoms with van der Waals surface area (Å²) in [5.41, 5.74) is 0.695. The normalized spacial score (nSPS) is 17.1. The number of piperidine rings is 1. The number of likely N-dealkylation sites (tertiary alicyclic amines) is 1. The predicted molar refractivity (Wildman–Crippen MR) is 104 cm³/mol. The molecule has 27 heavy (non-hydrogen) atoms. The quantitative estimate of drug-likeness (QED) is 0.865. The van der Waals surface area contributed by atoms with Crippen molar-refractivity contribution < 1.29 is 9.53 Å². The third-order valence-corrected chi connectivity index (χ3v) is 5.19. The van der Waals surface area contributed by atoms with Crippen molar-refractivity contribution >= 4 is 18.3 Å². The molecule has 0 atom stereocenters. The van der Waals surface area contributed by atoms with Gasteiger partial charge in [-0.1, -0.05) is 6.07 Å². The molecule has 0 saturated carbocycles. The first-order chi connectivity index (χ1) is 12.8. The zero-order valence-corrected chi connectivity index (χ0v) is 16.4. The highest BCUT2D eigenvalue weighted by atomic mass is 35.5. The second-order valence-corrected chi connectivity index (χ2v) is 6.83. The third-order valence-electron chi connectivity index (χ3n) is 5.19. The maximum absolute atomic E-state index is 12.8. The predicted octanol–water partition coefficient (Wildman–Crippen LogP) is 2.22. The van der Waals surface area contributed by atoms with Crippen molar-refractivity contribution in [2.24, 2.45) is 0 Å². The number of carbonyl (C=O) groups excluding carboxylic acids is 1. The van der Waals surface area contributed by atoms with Crippen molar-refractivity contribution in [3.63, 3.8) is 0 Å². The second kappa shape index (κ2) is 8.71. The lowest BCUT2D eigenvalue weighted by Crippen LogP contribution is -2.38. The third kappa shape index (κ3) is 4.09. The van der Waals surface area contributed by atoms with E-state index >= 15 is 0 Å². The Balaban J connectivity index is 0.00000210. The summed E-state index contributed by atoms with van der Waals surface area (Å²) in [6.45, 7) is 6.73. The summed E-state index contributed by atoms with van der Waals surface area (Å²) in [5, 5.41) is 12.1. The van der Waals surface area contributed by atoms with E-state index in [0.29, 0.717) is 18.1 Å². The number of fused-ring (bicyclic) bond motifs is 1. The molecule has 2 aliphatic heterocycles. The summed E-state index contributed by atoms with van der Waals surface area (Å²) in [7, 11) is 0. The lowest BCUT2D eigenvalue weighted by atomic mass is 9.95. The number of nitrogens with zero attached hydrogens (tertiary/aromatic N) is 4. The first-order valence-electron chi connectivity index (χ1n) is 9.41. The Labute approximate surface area is 165 Å². The molecule has 2 aromatic rings. The summed E-state index contributed by atoms with van der Waals surface area (Å²) >= 11 is 0. The number of halogens is 1. The Hall–Kier alpha value is -2.12. The van der Waals surface area contributed by atoms with E-state index in [1.807, 2.05) is 36.1 Å². The Morgan fingerprint density at radius 1 is 1.26 bits per heavy atom. The summed E-state index contributed by atoms with van der Waals surface area (Å²) in [4.78, 5) is 14.8. The van der Waals surface area contributed by atoms with Gasteiger partial charge < -0.3 is 19.5 Å². The molecule has 1 aromatic carbocycles. The zero-order chi connectivity index (χ0) is 17.9. The molecule has 1 fully saturated rings. The van der Waals surface area contributed by atoms with E-state index < -0.39 is 0 Å². The molecular formula is C19H26ClN5O2. The fourth-order valence-corrected chi connectivity index (χ4v) is 3.83. The van der Waals surface area contributed by atoms with Crippen LogP contribution in [0.2, 0.25) is 0 Å². The van der Waals surface area contributed by atoms with Crippen molar-refractivity contribution in [1.29, 1.82) is 0 Å². The van der Waals surface area contributed by atoms with Crippen LogP contribution in [0.15, 0.2) is 24.3 Å². The summed E-state index contributed by atoms with van der Waals surface area (Å²) in [5.74, 6) is 3.33. The zero-order valence-electron chi connectivity index (χ0n) is 15.6.